The van der Waals surface area contributed by atoms with E-state index in [9.17, 15) is 14.4 Å². The van der Waals surface area contributed by atoms with Crippen molar-refractivity contribution in [3.05, 3.63) is 54.1 Å². The second-order valence-corrected chi connectivity index (χ2v) is 8.20. The molecule has 1 saturated carbocycles. The lowest BCUT2D eigenvalue weighted by Crippen LogP contribution is -2.51. The first-order chi connectivity index (χ1) is 15.5. The van der Waals surface area contributed by atoms with Crippen LogP contribution < -0.4 is 14.4 Å². The number of carbonyl (C=O) groups excluding carboxylic acids is 3. The molecule has 3 amide bonds. The van der Waals surface area contributed by atoms with Gasteiger partial charge in [-0.1, -0.05) is 37.5 Å². The molecule has 1 aliphatic heterocycles. The summed E-state index contributed by atoms with van der Waals surface area (Å²) in [5.41, 5.74) is 0.943. The summed E-state index contributed by atoms with van der Waals surface area (Å²) in [5, 5.41) is 0. The van der Waals surface area contributed by atoms with Crippen LogP contribution in [0.3, 0.4) is 0 Å². The summed E-state index contributed by atoms with van der Waals surface area (Å²) in [4.78, 5) is 42.9. The summed E-state index contributed by atoms with van der Waals surface area (Å²) in [6, 6.07) is 13.0. The Morgan fingerprint density at radius 2 is 1.62 bits per heavy atom. The number of nitrogens with zero attached hydrogens (tertiary/aromatic N) is 2. The van der Waals surface area contributed by atoms with Crippen molar-refractivity contribution in [2.24, 2.45) is 0 Å². The molecule has 0 radical (unpaired) electrons. The zero-order valence-corrected chi connectivity index (χ0v) is 18.5. The van der Waals surface area contributed by atoms with E-state index in [0.717, 1.165) is 32.1 Å². The van der Waals surface area contributed by atoms with Crippen molar-refractivity contribution in [3.63, 3.8) is 0 Å². The third-order valence-electron chi connectivity index (χ3n) is 6.31. The van der Waals surface area contributed by atoms with Gasteiger partial charge in [-0.25, -0.2) is 4.90 Å². The van der Waals surface area contributed by atoms with E-state index in [0.29, 0.717) is 22.7 Å². The number of benzene rings is 2. The number of hydrogen-bond acceptors (Lipinski definition) is 5. The maximum Gasteiger partial charge on any atom is 0.257 e. The second kappa shape index (κ2) is 9.42. The van der Waals surface area contributed by atoms with Gasteiger partial charge in [0.05, 0.1) is 26.3 Å². The minimum absolute atomic E-state index is 0.0107. The summed E-state index contributed by atoms with van der Waals surface area (Å²) in [7, 11) is 3.05. The monoisotopic (exact) mass is 436 g/mol. The Kier molecular flexibility index (Phi) is 6.44. The highest BCUT2D eigenvalue weighted by molar-refractivity contribution is 6.23. The van der Waals surface area contributed by atoms with Crippen LogP contribution in [0.4, 0.5) is 5.69 Å². The number of imide groups is 1. The van der Waals surface area contributed by atoms with E-state index in [4.69, 9.17) is 9.47 Å². The fourth-order valence-corrected chi connectivity index (χ4v) is 4.72. The van der Waals surface area contributed by atoms with Crippen molar-refractivity contribution in [2.45, 2.75) is 50.6 Å². The van der Waals surface area contributed by atoms with E-state index in [-0.39, 0.29) is 30.2 Å². The first kappa shape index (κ1) is 21.9. The molecule has 7 nitrogen and oxygen atoms in total. The quantitative estimate of drug-likeness (QED) is 0.644. The number of amides is 3. The lowest BCUT2D eigenvalue weighted by molar-refractivity contribution is -0.123. The van der Waals surface area contributed by atoms with Crippen LogP contribution in [0.5, 0.6) is 11.5 Å². The first-order valence-corrected chi connectivity index (χ1v) is 11.0. The van der Waals surface area contributed by atoms with Gasteiger partial charge >= 0.3 is 0 Å². The molecular weight excluding hydrogens is 408 g/mol. The molecule has 2 aromatic carbocycles. The summed E-state index contributed by atoms with van der Waals surface area (Å²) in [5.74, 6) is 0.0731. The van der Waals surface area contributed by atoms with Gasteiger partial charge in [-0.2, -0.15) is 0 Å². The fourth-order valence-electron chi connectivity index (χ4n) is 4.72. The van der Waals surface area contributed by atoms with Gasteiger partial charge in [-0.15, -0.1) is 0 Å². The lowest BCUT2D eigenvalue weighted by Gasteiger charge is -2.37. The number of para-hydroxylation sites is 1. The Morgan fingerprint density at radius 3 is 2.28 bits per heavy atom. The maximum atomic E-state index is 13.7. The van der Waals surface area contributed by atoms with Crippen LogP contribution in [0.15, 0.2) is 48.5 Å². The number of hydrogen-bond donors (Lipinski definition) is 0. The average molecular weight is 437 g/mol. The zero-order valence-electron chi connectivity index (χ0n) is 18.5. The van der Waals surface area contributed by atoms with Crippen molar-refractivity contribution in [1.82, 2.24) is 4.90 Å². The smallest absolute Gasteiger partial charge is 0.257 e. The third-order valence-corrected chi connectivity index (χ3v) is 6.31. The van der Waals surface area contributed by atoms with Crippen LogP contribution in [0.25, 0.3) is 0 Å². The molecule has 1 aliphatic carbocycles. The number of rotatable bonds is 6. The van der Waals surface area contributed by atoms with Crippen molar-refractivity contribution < 1.29 is 23.9 Å². The van der Waals surface area contributed by atoms with Gasteiger partial charge in [0, 0.05) is 11.6 Å². The Labute approximate surface area is 187 Å². The summed E-state index contributed by atoms with van der Waals surface area (Å²) in [6.45, 7) is 0. The van der Waals surface area contributed by atoms with E-state index in [1.165, 1.54) is 19.1 Å². The molecule has 0 bridgehead atoms. The average Bonchev–Trinajstić information content (AvgIpc) is 3.13. The highest BCUT2D eigenvalue weighted by Gasteiger charge is 2.46. The number of methoxy groups -OCH3 is 2. The largest absolute Gasteiger partial charge is 0.493 e. The van der Waals surface area contributed by atoms with Crippen molar-refractivity contribution in [1.29, 1.82) is 0 Å². The highest BCUT2D eigenvalue weighted by Crippen LogP contribution is 2.34. The van der Waals surface area contributed by atoms with E-state index in [1.54, 1.807) is 47.4 Å². The van der Waals surface area contributed by atoms with Gasteiger partial charge in [0.15, 0.2) is 11.5 Å². The van der Waals surface area contributed by atoms with Gasteiger partial charge in [0.25, 0.3) is 11.8 Å². The van der Waals surface area contributed by atoms with E-state index in [2.05, 4.69) is 0 Å². The molecule has 0 N–H and O–H groups in total. The molecule has 0 aromatic heterocycles. The molecular formula is C25H28N2O5. The number of ether oxygens (including phenoxy) is 2. The molecule has 1 atom stereocenters. The molecule has 7 heteroatoms. The second-order valence-electron chi connectivity index (χ2n) is 8.20. The number of anilines is 1. The number of carbonyl (C=O) groups is 3. The Balaban J connectivity index is 1.69. The first-order valence-electron chi connectivity index (χ1n) is 11.0. The zero-order chi connectivity index (χ0) is 22.7. The van der Waals surface area contributed by atoms with E-state index < -0.39 is 6.04 Å². The molecule has 2 aromatic rings. The molecule has 2 fully saturated rings. The third kappa shape index (κ3) is 4.07. The van der Waals surface area contributed by atoms with Crippen molar-refractivity contribution in [2.75, 3.05) is 19.1 Å². The highest BCUT2D eigenvalue weighted by atomic mass is 16.5. The molecule has 1 heterocycles. The molecule has 0 spiro atoms. The Hall–Kier alpha value is -3.35. The van der Waals surface area contributed by atoms with E-state index >= 15 is 0 Å². The van der Waals surface area contributed by atoms with Crippen LogP contribution in [-0.2, 0) is 9.59 Å². The summed E-state index contributed by atoms with van der Waals surface area (Å²) in [6.07, 6.45) is 4.74. The molecule has 32 heavy (non-hydrogen) atoms. The Morgan fingerprint density at radius 1 is 0.938 bits per heavy atom. The predicted molar refractivity (Wildman–Crippen MR) is 120 cm³/mol. The molecule has 1 unspecified atom stereocenters. The van der Waals surface area contributed by atoms with E-state index in [1.807, 2.05) is 6.07 Å². The van der Waals surface area contributed by atoms with Crippen LogP contribution >= 0.6 is 0 Å². The van der Waals surface area contributed by atoms with Crippen LogP contribution in [0.2, 0.25) is 0 Å². The standard InChI is InChI=1S/C25H28N2O5/c1-31-21-14-13-17(15-22(21)32-2)24(29)26(18-9-5-3-6-10-18)20-16-23(28)27(25(20)30)19-11-7-4-8-12-19/h4,7-8,11-15,18,20H,3,5-6,9-10,16H2,1-2H3. The van der Waals surface area contributed by atoms with Gasteiger partial charge in [-0.05, 0) is 43.2 Å². The van der Waals surface area contributed by atoms with Crippen molar-refractivity contribution in [3.8, 4) is 11.5 Å². The molecule has 4 rings (SSSR count). The molecule has 168 valence electrons. The van der Waals surface area contributed by atoms with Gasteiger partial charge in [-0.3, -0.25) is 14.4 Å². The predicted octanol–water partition coefficient (Wildman–Crippen LogP) is 3.81. The minimum Gasteiger partial charge on any atom is -0.493 e. The molecule has 1 saturated heterocycles. The normalized spacial score (nSPS) is 19.2. The van der Waals surface area contributed by atoms with Gasteiger partial charge < -0.3 is 14.4 Å². The van der Waals surface area contributed by atoms with Crippen LogP contribution in [-0.4, -0.2) is 48.9 Å². The topological polar surface area (TPSA) is 76.2 Å². The summed E-state index contributed by atoms with van der Waals surface area (Å²) < 4.78 is 10.7. The van der Waals surface area contributed by atoms with Crippen LogP contribution in [0, 0.1) is 0 Å². The SMILES string of the molecule is COc1ccc(C(=O)N(C2CCCCC2)C2CC(=O)N(c3ccccc3)C2=O)cc1OC. The van der Waals surface area contributed by atoms with Crippen molar-refractivity contribution >= 4 is 23.4 Å². The lowest BCUT2D eigenvalue weighted by atomic mass is 9.92. The Bertz CT molecular complexity index is 1000. The maximum absolute atomic E-state index is 13.7. The summed E-state index contributed by atoms with van der Waals surface area (Å²) >= 11 is 0. The van der Waals surface area contributed by atoms with Crippen LogP contribution in [0.1, 0.15) is 48.9 Å². The molecule has 2 aliphatic rings. The minimum atomic E-state index is -0.814. The van der Waals surface area contributed by atoms with Gasteiger partial charge in [0.1, 0.15) is 6.04 Å². The fraction of sp³-hybridized carbons (Fsp3) is 0.400. The van der Waals surface area contributed by atoms with Gasteiger partial charge in [0.2, 0.25) is 5.91 Å².